The normalized spacial score (nSPS) is 32.7. The molecule has 3 rings (SSSR count). The van der Waals surface area contributed by atoms with Crippen LogP contribution < -0.4 is 5.32 Å². The Morgan fingerprint density at radius 1 is 1.22 bits per heavy atom. The van der Waals surface area contributed by atoms with Gasteiger partial charge in [0.2, 0.25) is 0 Å². The van der Waals surface area contributed by atoms with Gasteiger partial charge in [-0.15, -0.1) is 11.3 Å². The minimum Gasteiger partial charge on any atom is -0.302 e. The minimum absolute atomic E-state index is 0.184. The zero-order chi connectivity index (χ0) is 12.8. The van der Waals surface area contributed by atoms with Gasteiger partial charge in [-0.25, -0.2) is 4.98 Å². The fourth-order valence-electron chi connectivity index (χ4n) is 3.20. The van der Waals surface area contributed by atoms with Crippen molar-refractivity contribution >= 4 is 11.3 Å². The van der Waals surface area contributed by atoms with Crippen molar-refractivity contribution in [1.82, 2.24) is 10.3 Å². The fourth-order valence-corrected chi connectivity index (χ4v) is 4.41. The number of nitrogens with zero attached hydrogens (tertiary/aromatic N) is 1. The molecule has 2 fully saturated rings. The summed E-state index contributed by atoms with van der Waals surface area (Å²) in [5, 5.41) is 5.32. The third-order valence-electron chi connectivity index (χ3n) is 4.75. The second-order valence-electron chi connectivity index (χ2n) is 6.20. The Morgan fingerprint density at radius 3 is 2.56 bits per heavy atom. The van der Waals surface area contributed by atoms with Crippen LogP contribution in [0.15, 0.2) is 0 Å². The van der Waals surface area contributed by atoms with Crippen LogP contribution in [0.5, 0.6) is 0 Å². The number of nitrogens with one attached hydrogen (secondary N) is 1. The molecule has 0 aliphatic heterocycles. The molecule has 0 aromatic carbocycles. The lowest BCUT2D eigenvalue weighted by Crippen LogP contribution is -2.50. The number of hydrogen-bond acceptors (Lipinski definition) is 3. The first-order valence-corrected chi connectivity index (χ1v) is 8.15. The summed E-state index contributed by atoms with van der Waals surface area (Å²) in [4.78, 5) is 6.28. The summed E-state index contributed by atoms with van der Waals surface area (Å²) in [5.41, 5.74) is 1.41. The monoisotopic (exact) mass is 264 g/mol. The highest BCUT2D eigenvalue weighted by Gasteiger charge is 2.45. The second-order valence-corrected chi connectivity index (χ2v) is 7.40. The van der Waals surface area contributed by atoms with E-state index in [1.54, 1.807) is 0 Å². The minimum atomic E-state index is 0.184. The summed E-state index contributed by atoms with van der Waals surface area (Å²) in [5.74, 6) is 0.719. The lowest BCUT2D eigenvalue weighted by molar-refractivity contribution is 0.151. The molecule has 100 valence electrons. The number of thiazole rings is 1. The van der Waals surface area contributed by atoms with Crippen LogP contribution in [-0.2, 0) is 5.54 Å². The maximum absolute atomic E-state index is 4.89. The zero-order valence-electron chi connectivity index (χ0n) is 11.8. The Hall–Kier alpha value is -0.410. The summed E-state index contributed by atoms with van der Waals surface area (Å²) in [7, 11) is 0. The molecule has 2 unspecified atom stereocenters. The smallest absolute Gasteiger partial charge is 0.114 e. The van der Waals surface area contributed by atoms with Crippen LogP contribution in [0, 0.1) is 19.8 Å². The number of aromatic nitrogens is 1. The lowest BCUT2D eigenvalue weighted by Gasteiger charge is -2.42. The third kappa shape index (κ3) is 2.12. The van der Waals surface area contributed by atoms with Crippen molar-refractivity contribution in [3.8, 4) is 0 Å². The van der Waals surface area contributed by atoms with Crippen LogP contribution in [0.25, 0.3) is 0 Å². The largest absolute Gasteiger partial charge is 0.302 e. The van der Waals surface area contributed by atoms with Crippen molar-refractivity contribution in [2.45, 2.75) is 70.9 Å². The van der Waals surface area contributed by atoms with E-state index in [2.05, 4.69) is 26.1 Å². The molecule has 2 nitrogen and oxygen atoms in total. The van der Waals surface area contributed by atoms with E-state index in [0.717, 1.165) is 12.0 Å². The molecule has 18 heavy (non-hydrogen) atoms. The summed E-state index contributed by atoms with van der Waals surface area (Å²) in [6, 6.07) is 0.759. The predicted molar refractivity (Wildman–Crippen MR) is 77.1 cm³/mol. The molecule has 1 aromatic heterocycles. The first-order valence-electron chi connectivity index (χ1n) is 7.34. The second kappa shape index (κ2) is 4.61. The van der Waals surface area contributed by atoms with Crippen LogP contribution in [0.3, 0.4) is 0 Å². The van der Waals surface area contributed by atoms with Crippen molar-refractivity contribution in [1.29, 1.82) is 0 Å². The van der Waals surface area contributed by atoms with Crippen LogP contribution >= 0.6 is 11.3 Å². The predicted octanol–water partition coefficient (Wildman–Crippen LogP) is 3.92. The van der Waals surface area contributed by atoms with E-state index in [1.165, 1.54) is 54.1 Å². The molecule has 1 aromatic rings. The van der Waals surface area contributed by atoms with Gasteiger partial charge in [-0.2, -0.15) is 0 Å². The first kappa shape index (κ1) is 12.6. The fraction of sp³-hybridized carbons (Fsp3) is 0.800. The van der Waals surface area contributed by atoms with Crippen LogP contribution in [0.1, 0.15) is 61.0 Å². The molecular formula is C15H24N2S. The molecule has 0 saturated heterocycles. The summed E-state index contributed by atoms with van der Waals surface area (Å²) < 4.78 is 0. The van der Waals surface area contributed by atoms with Crippen LogP contribution in [-0.4, -0.2) is 11.0 Å². The van der Waals surface area contributed by atoms with Gasteiger partial charge in [-0.1, -0.05) is 19.8 Å². The van der Waals surface area contributed by atoms with Crippen molar-refractivity contribution in [2.24, 2.45) is 5.92 Å². The molecule has 2 aliphatic carbocycles. The van der Waals surface area contributed by atoms with Gasteiger partial charge < -0.3 is 5.32 Å². The zero-order valence-corrected chi connectivity index (χ0v) is 12.6. The molecule has 2 aliphatic rings. The van der Waals surface area contributed by atoms with Crippen LogP contribution in [0.2, 0.25) is 0 Å². The van der Waals surface area contributed by atoms with E-state index in [0.29, 0.717) is 0 Å². The SMILES string of the molecule is Cc1nc(C2(NC3CC3)CCCCC2C)sc1C. The molecule has 0 amide bonds. The van der Waals surface area contributed by atoms with Gasteiger partial charge in [-0.3, -0.25) is 0 Å². The average molecular weight is 264 g/mol. The van der Waals surface area contributed by atoms with Crippen LogP contribution in [0.4, 0.5) is 0 Å². The van der Waals surface area contributed by atoms with Crippen molar-refractivity contribution < 1.29 is 0 Å². The Kier molecular flexibility index (Phi) is 3.23. The molecule has 0 radical (unpaired) electrons. The van der Waals surface area contributed by atoms with Crippen molar-refractivity contribution in [2.75, 3.05) is 0 Å². The maximum Gasteiger partial charge on any atom is 0.114 e. The quantitative estimate of drug-likeness (QED) is 0.895. The molecule has 3 heteroatoms. The third-order valence-corrected chi connectivity index (χ3v) is 6.00. The van der Waals surface area contributed by atoms with E-state index >= 15 is 0 Å². The highest BCUT2D eigenvalue weighted by molar-refractivity contribution is 7.11. The van der Waals surface area contributed by atoms with E-state index < -0.39 is 0 Å². The summed E-state index contributed by atoms with van der Waals surface area (Å²) >= 11 is 1.92. The van der Waals surface area contributed by atoms with Crippen molar-refractivity contribution in [3.05, 3.63) is 15.6 Å². The van der Waals surface area contributed by atoms with Gasteiger partial charge >= 0.3 is 0 Å². The van der Waals surface area contributed by atoms with E-state index in [9.17, 15) is 0 Å². The van der Waals surface area contributed by atoms with Gasteiger partial charge in [0, 0.05) is 10.9 Å². The van der Waals surface area contributed by atoms with Gasteiger partial charge in [0.25, 0.3) is 0 Å². The first-order chi connectivity index (χ1) is 8.62. The molecule has 1 N–H and O–H groups in total. The van der Waals surface area contributed by atoms with E-state index in [4.69, 9.17) is 4.98 Å². The van der Waals surface area contributed by atoms with Gasteiger partial charge in [0.05, 0.1) is 11.2 Å². The summed E-state index contributed by atoms with van der Waals surface area (Å²) in [6.07, 6.45) is 8.07. The molecule has 1 heterocycles. The number of hydrogen-bond donors (Lipinski definition) is 1. The highest BCUT2D eigenvalue weighted by Crippen LogP contribution is 2.45. The topological polar surface area (TPSA) is 24.9 Å². The Labute approximate surface area is 114 Å². The molecule has 2 saturated carbocycles. The maximum atomic E-state index is 4.89. The van der Waals surface area contributed by atoms with Gasteiger partial charge in [0.1, 0.15) is 5.01 Å². The number of rotatable bonds is 3. The standard InChI is InChI=1S/C15H24N2S/c1-10-6-4-5-9-15(10,17-13-7-8-13)14-16-11(2)12(3)18-14/h10,13,17H,4-9H2,1-3H3. The molecule has 0 bridgehead atoms. The van der Waals surface area contributed by atoms with Gasteiger partial charge in [0.15, 0.2) is 0 Å². The Bertz CT molecular complexity index is 416. The highest BCUT2D eigenvalue weighted by atomic mass is 32.1. The average Bonchev–Trinajstić information content (AvgIpc) is 3.09. The molecule has 2 atom stereocenters. The lowest BCUT2D eigenvalue weighted by atomic mass is 9.74. The van der Waals surface area contributed by atoms with Crippen molar-refractivity contribution in [3.63, 3.8) is 0 Å². The van der Waals surface area contributed by atoms with E-state index in [1.807, 2.05) is 11.3 Å². The Morgan fingerprint density at radius 2 is 2.00 bits per heavy atom. The molecular weight excluding hydrogens is 240 g/mol. The molecule has 0 spiro atoms. The summed E-state index contributed by atoms with van der Waals surface area (Å²) in [6.45, 7) is 6.77. The number of aryl methyl sites for hydroxylation is 2. The van der Waals surface area contributed by atoms with E-state index in [-0.39, 0.29) is 5.54 Å². The Balaban J connectivity index is 1.96. The van der Waals surface area contributed by atoms with Gasteiger partial charge in [-0.05, 0) is 45.4 Å².